The SMILES string of the molecule is CNc1cccc(CCOc2ccc(CC(NC(=O)C3CCCN3)C(=O)OC)cc2)n1. The van der Waals surface area contributed by atoms with E-state index in [4.69, 9.17) is 9.47 Å². The summed E-state index contributed by atoms with van der Waals surface area (Å²) in [5.41, 5.74) is 1.86. The minimum absolute atomic E-state index is 0.163. The van der Waals surface area contributed by atoms with Crippen molar-refractivity contribution in [3.8, 4) is 5.75 Å². The van der Waals surface area contributed by atoms with Gasteiger partial charge in [0.1, 0.15) is 17.6 Å². The average Bonchev–Trinajstić information content (AvgIpc) is 3.34. The molecule has 0 aliphatic carbocycles. The fourth-order valence-corrected chi connectivity index (χ4v) is 3.51. The molecule has 1 fully saturated rings. The number of carbonyl (C=O) groups excluding carboxylic acids is 2. The average molecular weight is 427 g/mol. The standard InChI is InChI=1S/C23H30N4O4/c1-24-21-7-3-5-17(26-21)12-14-31-18-10-8-16(9-11-18)15-20(23(29)30-2)27-22(28)19-6-4-13-25-19/h3,5,7-11,19-20,25H,4,6,12-15H2,1-2H3,(H,24,26)(H,27,28). The van der Waals surface area contributed by atoms with Gasteiger partial charge in [-0.2, -0.15) is 0 Å². The summed E-state index contributed by atoms with van der Waals surface area (Å²) in [6.07, 6.45) is 2.79. The van der Waals surface area contributed by atoms with Crippen LogP contribution in [0.3, 0.4) is 0 Å². The van der Waals surface area contributed by atoms with Crippen LogP contribution in [-0.4, -0.2) is 56.3 Å². The zero-order valence-electron chi connectivity index (χ0n) is 18.0. The van der Waals surface area contributed by atoms with Crippen molar-refractivity contribution in [3.63, 3.8) is 0 Å². The van der Waals surface area contributed by atoms with Crippen LogP contribution in [0.4, 0.5) is 5.82 Å². The molecule has 2 unspecified atom stereocenters. The summed E-state index contributed by atoms with van der Waals surface area (Å²) in [7, 11) is 3.17. The lowest BCUT2D eigenvalue weighted by atomic mass is 10.0. The van der Waals surface area contributed by atoms with Crippen molar-refractivity contribution in [1.82, 2.24) is 15.6 Å². The van der Waals surface area contributed by atoms with Crippen LogP contribution < -0.4 is 20.7 Å². The molecule has 8 nitrogen and oxygen atoms in total. The number of hydrogen-bond acceptors (Lipinski definition) is 7. The van der Waals surface area contributed by atoms with Gasteiger partial charge < -0.3 is 25.4 Å². The summed E-state index contributed by atoms with van der Waals surface area (Å²) in [6, 6.07) is 12.4. The van der Waals surface area contributed by atoms with Gasteiger partial charge in [-0.1, -0.05) is 18.2 Å². The summed E-state index contributed by atoms with van der Waals surface area (Å²) in [5, 5.41) is 8.98. The molecule has 1 saturated heterocycles. The molecule has 8 heteroatoms. The summed E-state index contributed by atoms with van der Waals surface area (Å²) in [4.78, 5) is 29.0. The number of pyridine rings is 1. The van der Waals surface area contributed by atoms with Crippen LogP contribution in [0.2, 0.25) is 0 Å². The molecule has 2 atom stereocenters. The van der Waals surface area contributed by atoms with Gasteiger partial charge in [0.2, 0.25) is 5.91 Å². The largest absolute Gasteiger partial charge is 0.493 e. The molecule has 1 aliphatic rings. The highest BCUT2D eigenvalue weighted by atomic mass is 16.5. The van der Waals surface area contributed by atoms with Crippen LogP contribution in [0.5, 0.6) is 5.75 Å². The van der Waals surface area contributed by atoms with Crippen LogP contribution in [0.1, 0.15) is 24.1 Å². The van der Waals surface area contributed by atoms with Gasteiger partial charge in [0.15, 0.2) is 0 Å². The number of methoxy groups -OCH3 is 1. The molecule has 1 amide bonds. The lowest BCUT2D eigenvalue weighted by Gasteiger charge is -2.19. The Morgan fingerprint density at radius 2 is 2.03 bits per heavy atom. The Bertz CT molecular complexity index is 866. The molecule has 3 N–H and O–H groups in total. The summed E-state index contributed by atoms with van der Waals surface area (Å²) in [5.74, 6) is 0.951. The van der Waals surface area contributed by atoms with E-state index in [9.17, 15) is 9.59 Å². The maximum absolute atomic E-state index is 12.4. The minimum atomic E-state index is -0.725. The number of nitrogens with one attached hydrogen (secondary N) is 3. The third-order valence-corrected chi connectivity index (χ3v) is 5.23. The van der Waals surface area contributed by atoms with Gasteiger partial charge in [-0.25, -0.2) is 9.78 Å². The number of benzene rings is 1. The molecule has 0 radical (unpaired) electrons. The molecule has 0 bridgehead atoms. The van der Waals surface area contributed by atoms with Gasteiger partial charge in [0.05, 0.1) is 19.8 Å². The molecule has 166 valence electrons. The van der Waals surface area contributed by atoms with E-state index in [0.717, 1.165) is 42.2 Å². The van der Waals surface area contributed by atoms with Crippen LogP contribution in [-0.2, 0) is 27.2 Å². The lowest BCUT2D eigenvalue weighted by Crippen LogP contribution is -2.49. The number of rotatable bonds is 10. The number of aromatic nitrogens is 1. The van der Waals surface area contributed by atoms with E-state index in [1.54, 1.807) is 0 Å². The van der Waals surface area contributed by atoms with Crippen LogP contribution in [0, 0.1) is 0 Å². The van der Waals surface area contributed by atoms with Gasteiger partial charge in [-0.15, -0.1) is 0 Å². The first-order valence-corrected chi connectivity index (χ1v) is 10.6. The van der Waals surface area contributed by atoms with E-state index < -0.39 is 12.0 Å². The zero-order valence-corrected chi connectivity index (χ0v) is 18.0. The smallest absolute Gasteiger partial charge is 0.328 e. The topological polar surface area (TPSA) is 102 Å². The van der Waals surface area contributed by atoms with Crippen molar-refractivity contribution in [2.45, 2.75) is 37.8 Å². The van der Waals surface area contributed by atoms with Crippen molar-refractivity contribution < 1.29 is 19.1 Å². The van der Waals surface area contributed by atoms with Gasteiger partial charge in [0, 0.05) is 25.6 Å². The van der Waals surface area contributed by atoms with Gasteiger partial charge in [0.25, 0.3) is 0 Å². The van der Waals surface area contributed by atoms with E-state index in [1.165, 1.54) is 7.11 Å². The highest BCUT2D eigenvalue weighted by molar-refractivity contribution is 5.87. The second-order valence-electron chi connectivity index (χ2n) is 7.44. The molecule has 0 spiro atoms. The molecule has 3 rings (SSSR count). The minimum Gasteiger partial charge on any atom is -0.493 e. The fraction of sp³-hybridized carbons (Fsp3) is 0.435. The van der Waals surface area contributed by atoms with Gasteiger partial charge in [-0.3, -0.25) is 4.79 Å². The molecule has 2 aromatic rings. The molecular weight excluding hydrogens is 396 g/mol. The Balaban J connectivity index is 1.52. The number of ether oxygens (including phenoxy) is 2. The first-order chi connectivity index (χ1) is 15.1. The molecule has 0 saturated carbocycles. The summed E-state index contributed by atoms with van der Waals surface area (Å²) >= 11 is 0. The van der Waals surface area contributed by atoms with Crippen molar-refractivity contribution >= 4 is 17.7 Å². The number of anilines is 1. The Kier molecular flexibility index (Phi) is 8.23. The zero-order chi connectivity index (χ0) is 22.1. The van der Waals surface area contributed by atoms with E-state index in [0.29, 0.717) is 19.4 Å². The highest BCUT2D eigenvalue weighted by Crippen LogP contribution is 2.15. The van der Waals surface area contributed by atoms with Crippen LogP contribution in [0.25, 0.3) is 0 Å². The third kappa shape index (κ3) is 6.68. The molecule has 1 aliphatic heterocycles. The predicted molar refractivity (Wildman–Crippen MR) is 118 cm³/mol. The quantitative estimate of drug-likeness (QED) is 0.497. The van der Waals surface area contributed by atoms with Crippen molar-refractivity contribution in [2.24, 2.45) is 0 Å². The molecule has 1 aromatic heterocycles. The first kappa shape index (κ1) is 22.6. The van der Waals surface area contributed by atoms with Gasteiger partial charge >= 0.3 is 5.97 Å². The maximum Gasteiger partial charge on any atom is 0.328 e. The fourth-order valence-electron chi connectivity index (χ4n) is 3.51. The number of amides is 1. The summed E-state index contributed by atoms with van der Waals surface area (Å²) < 4.78 is 10.7. The van der Waals surface area contributed by atoms with Crippen molar-refractivity contribution in [2.75, 3.05) is 32.6 Å². The molecule has 1 aromatic carbocycles. The van der Waals surface area contributed by atoms with Gasteiger partial charge in [-0.05, 0) is 49.2 Å². The number of carbonyl (C=O) groups is 2. The Morgan fingerprint density at radius 3 is 2.71 bits per heavy atom. The summed E-state index contributed by atoms with van der Waals surface area (Å²) in [6.45, 7) is 1.33. The van der Waals surface area contributed by atoms with Crippen molar-refractivity contribution in [3.05, 3.63) is 53.7 Å². The predicted octanol–water partition coefficient (Wildman–Crippen LogP) is 1.70. The monoisotopic (exact) mass is 426 g/mol. The lowest BCUT2D eigenvalue weighted by molar-refractivity contribution is -0.145. The van der Waals surface area contributed by atoms with Crippen molar-refractivity contribution in [1.29, 1.82) is 0 Å². The van der Waals surface area contributed by atoms with Crippen LogP contribution >= 0.6 is 0 Å². The number of esters is 1. The number of nitrogens with zero attached hydrogens (tertiary/aromatic N) is 1. The Morgan fingerprint density at radius 1 is 1.23 bits per heavy atom. The van der Waals surface area contributed by atoms with E-state index in [2.05, 4.69) is 20.9 Å². The van der Waals surface area contributed by atoms with Crippen LogP contribution in [0.15, 0.2) is 42.5 Å². The van der Waals surface area contributed by atoms with E-state index in [-0.39, 0.29) is 11.9 Å². The molecule has 2 heterocycles. The second kappa shape index (κ2) is 11.3. The Labute approximate surface area is 182 Å². The second-order valence-corrected chi connectivity index (χ2v) is 7.44. The third-order valence-electron chi connectivity index (χ3n) is 5.23. The first-order valence-electron chi connectivity index (χ1n) is 10.6. The molecular formula is C23H30N4O4. The molecule has 31 heavy (non-hydrogen) atoms. The normalized spacial score (nSPS) is 16.4. The van der Waals surface area contributed by atoms with E-state index >= 15 is 0 Å². The highest BCUT2D eigenvalue weighted by Gasteiger charge is 2.28. The number of hydrogen-bond donors (Lipinski definition) is 3. The van der Waals surface area contributed by atoms with E-state index in [1.807, 2.05) is 49.5 Å². The maximum atomic E-state index is 12.4. The Hall–Kier alpha value is -3.13.